The number of hydrogen-bond acceptors (Lipinski definition) is 5. The van der Waals surface area contributed by atoms with Crippen molar-refractivity contribution in [2.75, 3.05) is 11.4 Å². The van der Waals surface area contributed by atoms with Crippen molar-refractivity contribution in [3.05, 3.63) is 70.1 Å². The number of carbonyl (C=O) groups is 1. The SMILES string of the molecule is O=C(/C=C/c1cccs1)N(CCn1cccn1)c1nc2c(Cl)cccc2s1. The second-order valence-electron chi connectivity index (χ2n) is 5.69. The maximum Gasteiger partial charge on any atom is 0.252 e. The van der Waals surface area contributed by atoms with Gasteiger partial charge in [-0.3, -0.25) is 14.4 Å². The molecule has 0 spiro atoms. The Morgan fingerprint density at radius 1 is 1.26 bits per heavy atom. The number of thiazole rings is 1. The highest BCUT2D eigenvalue weighted by Crippen LogP contribution is 2.33. The summed E-state index contributed by atoms with van der Waals surface area (Å²) in [6, 6.07) is 11.4. The van der Waals surface area contributed by atoms with Gasteiger partial charge in [0, 0.05) is 29.9 Å². The average molecular weight is 415 g/mol. The fourth-order valence-corrected chi connectivity index (χ4v) is 4.50. The van der Waals surface area contributed by atoms with E-state index in [0.717, 1.165) is 15.1 Å². The van der Waals surface area contributed by atoms with E-state index < -0.39 is 0 Å². The van der Waals surface area contributed by atoms with E-state index in [1.807, 2.05) is 48.0 Å². The van der Waals surface area contributed by atoms with Crippen LogP contribution in [0.25, 0.3) is 16.3 Å². The lowest BCUT2D eigenvalue weighted by Crippen LogP contribution is -2.32. The summed E-state index contributed by atoms with van der Waals surface area (Å²) in [5.74, 6) is -0.120. The number of anilines is 1. The van der Waals surface area contributed by atoms with Crippen LogP contribution in [0.15, 0.2) is 60.2 Å². The van der Waals surface area contributed by atoms with Gasteiger partial charge in [-0.2, -0.15) is 5.10 Å². The maximum absolute atomic E-state index is 12.9. The van der Waals surface area contributed by atoms with E-state index in [0.29, 0.717) is 23.2 Å². The second-order valence-corrected chi connectivity index (χ2v) is 8.09. The highest BCUT2D eigenvalue weighted by Gasteiger charge is 2.19. The first-order chi connectivity index (χ1) is 13.2. The lowest BCUT2D eigenvalue weighted by molar-refractivity contribution is -0.114. The zero-order chi connectivity index (χ0) is 18.6. The van der Waals surface area contributed by atoms with Gasteiger partial charge in [0.15, 0.2) is 5.13 Å². The molecule has 1 aromatic carbocycles. The summed E-state index contributed by atoms with van der Waals surface area (Å²) in [7, 11) is 0. The maximum atomic E-state index is 12.9. The van der Waals surface area contributed by atoms with Gasteiger partial charge in [-0.15, -0.1) is 11.3 Å². The molecule has 0 atom stereocenters. The predicted molar refractivity (Wildman–Crippen MR) is 113 cm³/mol. The summed E-state index contributed by atoms with van der Waals surface area (Å²) in [4.78, 5) is 20.2. The van der Waals surface area contributed by atoms with Crippen molar-refractivity contribution >= 4 is 61.6 Å². The number of halogens is 1. The largest absolute Gasteiger partial charge is 0.283 e. The van der Waals surface area contributed by atoms with Gasteiger partial charge in [0.1, 0.15) is 5.52 Å². The van der Waals surface area contributed by atoms with Crippen molar-refractivity contribution in [1.82, 2.24) is 14.8 Å². The number of carbonyl (C=O) groups excluding carboxylic acids is 1. The van der Waals surface area contributed by atoms with E-state index in [1.165, 1.54) is 11.3 Å². The van der Waals surface area contributed by atoms with Crippen LogP contribution in [0.4, 0.5) is 5.13 Å². The van der Waals surface area contributed by atoms with Crippen molar-refractivity contribution in [1.29, 1.82) is 0 Å². The molecule has 0 aliphatic rings. The molecular weight excluding hydrogens is 400 g/mol. The van der Waals surface area contributed by atoms with E-state index in [1.54, 1.807) is 39.3 Å². The number of fused-ring (bicyclic) bond motifs is 1. The Bertz CT molecular complexity index is 1070. The van der Waals surface area contributed by atoms with Gasteiger partial charge in [-0.25, -0.2) is 4.98 Å². The Hall–Kier alpha value is -2.48. The Kier molecular flexibility index (Phi) is 5.33. The number of aromatic nitrogens is 3. The molecule has 0 fully saturated rings. The van der Waals surface area contributed by atoms with Crippen LogP contribution in [0.1, 0.15) is 4.88 Å². The molecule has 0 unspecified atom stereocenters. The van der Waals surface area contributed by atoms with Gasteiger partial charge in [0.2, 0.25) is 0 Å². The normalized spacial score (nSPS) is 11.4. The highest BCUT2D eigenvalue weighted by molar-refractivity contribution is 7.22. The molecule has 8 heteroatoms. The number of rotatable bonds is 6. The van der Waals surface area contributed by atoms with Gasteiger partial charge < -0.3 is 0 Å². The molecule has 0 saturated heterocycles. The molecular formula is C19H15ClN4OS2. The Labute approximate surface area is 169 Å². The van der Waals surface area contributed by atoms with Crippen molar-refractivity contribution in [3.63, 3.8) is 0 Å². The molecule has 0 bridgehead atoms. The number of benzene rings is 1. The number of para-hydroxylation sites is 1. The molecule has 0 N–H and O–H groups in total. The number of nitrogens with zero attached hydrogens (tertiary/aromatic N) is 4. The molecule has 0 saturated carbocycles. The third kappa shape index (κ3) is 4.10. The standard InChI is InChI=1S/C19H15ClN4OS2/c20-15-5-1-6-16-18(15)22-19(27-16)24(12-11-23-10-3-9-21-23)17(25)8-7-14-4-2-13-26-14/h1-10,13H,11-12H2/b8-7+. The monoisotopic (exact) mass is 414 g/mol. The molecule has 4 aromatic rings. The van der Waals surface area contributed by atoms with E-state index in [2.05, 4.69) is 10.1 Å². The molecule has 1 amide bonds. The minimum absolute atomic E-state index is 0.120. The van der Waals surface area contributed by atoms with Gasteiger partial charge >= 0.3 is 0 Å². The molecule has 3 heterocycles. The second kappa shape index (κ2) is 8.04. The fraction of sp³-hybridized carbons (Fsp3) is 0.105. The van der Waals surface area contributed by atoms with Crippen molar-refractivity contribution in [2.24, 2.45) is 0 Å². The average Bonchev–Trinajstić information content (AvgIpc) is 3.42. The van der Waals surface area contributed by atoms with Crippen LogP contribution in [0.5, 0.6) is 0 Å². The van der Waals surface area contributed by atoms with E-state index in [4.69, 9.17) is 11.6 Å². The van der Waals surface area contributed by atoms with Crippen LogP contribution in [0.2, 0.25) is 5.02 Å². The quantitative estimate of drug-likeness (QED) is 0.419. The molecule has 0 aliphatic carbocycles. The van der Waals surface area contributed by atoms with Crippen LogP contribution in [0, 0.1) is 0 Å². The first-order valence-electron chi connectivity index (χ1n) is 8.26. The molecule has 136 valence electrons. The van der Waals surface area contributed by atoms with Gasteiger partial charge in [0.25, 0.3) is 5.91 Å². The smallest absolute Gasteiger partial charge is 0.252 e. The summed E-state index contributed by atoms with van der Waals surface area (Å²) < 4.78 is 2.75. The van der Waals surface area contributed by atoms with Gasteiger partial charge in [-0.05, 0) is 35.7 Å². The Balaban J connectivity index is 1.63. The van der Waals surface area contributed by atoms with E-state index in [-0.39, 0.29) is 5.91 Å². The summed E-state index contributed by atoms with van der Waals surface area (Å²) in [6.45, 7) is 1.04. The summed E-state index contributed by atoms with van der Waals surface area (Å²) in [5.41, 5.74) is 0.721. The molecule has 4 rings (SSSR count). The minimum atomic E-state index is -0.120. The molecule has 3 aromatic heterocycles. The van der Waals surface area contributed by atoms with Crippen LogP contribution < -0.4 is 4.90 Å². The van der Waals surface area contributed by atoms with E-state index in [9.17, 15) is 4.79 Å². The van der Waals surface area contributed by atoms with Gasteiger partial charge in [-0.1, -0.05) is 35.1 Å². The van der Waals surface area contributed by atoms with Crippen LogP contribution in [-0.2, 0) is 11.3 Å². The fourth-order valence-electron chi connectivity index (χ4n) is 2.58. The summed E-state index contributed by atoms with van der Waals surface area (Å²) in [6.07, 6.45) is 7.01. The lowest BCUT2D eigenvalue weighted by atomic mass is 10.3. The zero-order valence-electron chi connectivity index (χ0n) is 14.2. The summed E-state index contributed by atoms with van der Waals surface area (Å²) >= 11 is 9.30. The van der Waals surface area contributed by atoms with Crippen molar-refractivity contribution < 1.29 is 4.79 Å². The van der Waals surface area contributed by atoms with Crippen molar-refractivity contribution in [2.45, 2.75) is 6.54 Å². The first-order valence-corrected chi connectivity index (χ1v) is 10.3. The third-order valence-electron chi connectivity index (χ3n) is 3.90. The Morgan fingerprint density at radius 3 is 2.93 bits per heavy atom. The minimum Gasteiger partial charge on any atom is -0.283 e. The molecule has 0 radical (unpaired) electrons. The topological polar surface area (TPSA) is 51.0 Å². The molecule has 27 heavy (non-hydrogen) atoms. The van der Waals surface area contributed by atoms with Crippen LogP contribution >= 0.6 is 34.3 Å². The Morgan fingerprint density at radius 2 is 2.19 bits per heavy atom. The molecule has 5 nitrogen and oxygen atoms in total. The zero-order valence-corrected chi connectivity index (χ0v) is 16.5. The van der Waals surface area contributed by atoms with Crippen molar-refractivity contribution in [3.8, 4) is 0 Å². The predicted octanol–water partition coefficient (Wildman–Crippen LogP) is 4.95. The van der Waals surface area contributed by atoms with Gasteiger partial charge in [0.05, 0.1) is 16.3 Å². The highest BCUT2D eigenvalue weighted by atomic mass is 35.5. The van der Waals surface area contributed by atoms with Crippen LogP contribution in [-0.4, -0.2) is 27.2 Å². The first kappa shape index (κ1) is 17.9. The number of thiophene rings is 1. The molecule has 0 aliphatic heterocycles. The lowest BCUT2D eigenvalue weighted by Gasteiger charge is -2.18. The number of hydrogen-bond donors (Lipinski definition) is 0. The van der Waals surface area contributed by atoms with Crippen LogP contribution in [0.3, 0.4) is 0 Å². The van der Waals surface area contributed by atoms with E-state index >= 15 is 0 Å². The third-order valence-corrected chi connectivity index (χ3v) is 6.09. The summed E-state index contributed by atoms with van der Waals surface area (Å²) in [5, 5.41) is 7.41. The number of amides is 1.